The van der Waals surface area contributed by atoms with E-state index in [1.807, 2.05) is 18.2 Å². The number of benzene rings is 2. The molecule has 30 heavy (non-hydrogen) atoms. The van der Waals surface area contributed by atoms with E-state index in [1.165, 1.54) is 5.56 Å². The fourth-order valence-electron chi connectivity index (χ4n) is 3.30. The lowest BCUT2D eigenvalue weighted by atomic mass is 10.2. The van der Waals surface area contributed by atoms with Crippen LogP contribution in [0.4, 0.5) is 0 Å². The number of nitrogens with zero attached hydrogens (tertiary/aromatic N) is 3. The van der Waals surface area contributed by atoms with E-state index >= 15 is 0 Å². The second kappa shape index (κ2) is 11.0. The third-order valence-corrected chi connectivity index (χ3v) is 5.21. The third-order valence-electron chi connectivity index (χ3n) is 4.96. The van der Waals surface area contributed by atoms with Crippen LogP contribution in [-0.2, 0) is 11.3 Å². The van der Waals surface area contributed by atoms with E-state index in [0.29, 0.717) is 18.0 Å². The summed E-state index contributed by atoms with van der Waals surface area (Å²) in [6.07, 6.45) is 1.59. The Labute approximate surface area is 182 Å². The molecule has 1 N–H and O–H groups in total. The minimum atomic E-state index is -0.127. The van der Waals surface area contributed by atoms with E-state index in [9.17, 15) is 4.79 Å². The summed E-state index contributed by atoms with van der Waals surface area (Å²) in [5.74, 6) is 1.14. The van der Waals surface area contributed by atoms with Crippen LogP contribution in [-0.4, -0.2) is 68.9 Å². The lowest BCUT2D eigenvalue weighted by Crippen LogP contribution is -2.48. The SMILES string of the molecule is COc1ccc(/C=N/NC(=O)CN2CCN(Cc3ccc(Cl)cc3)CC2)cc1OC. The number of nitrogens with one attached hydrogen (secondary N) is 1. The van der Waals surface area contributed by atoms with Gasteiger partial charge in [0.2, 0.25) is 0 Å². The van der Waals surface area contributed by atoms with E-state index in [1.54, 1.807) is 32.6 Å². The van der Waals surface area contributed by atoms with Crippen molar-refractivity contribution < 1.29 is 14.3 Å². The molecule has 2 aromatic carbocycles. The van der Waals surface area contributed by atoms with Crippen LogP contribution in [0.3, 0.4) is 0 Å². The molecule has 1 aliphatic rings. The van der Waals surface area contributed by atoms with Crippen LogP contribution in [0.15, 0.2) is 47.6 Å². The van der Waals surface area contributed by atoms with Crippen molar-refractivity contribution in [3.05, 3.63) is 58.6 Å². The molecule has 3 rings (SSSR count). The fourth-order valence-corrected chi connectivity index (χ4v) is 3.43. The molecule has 0 atom stereocenters. The van der Waals surface area contributed by atoms with Crippen molar-refractivity contribution in [1.82, 2.24) is 15.2 Å². The molecule has 2 aromatic rings. The molecule has 0 aliphatic carbocycles. The van der Waals surface area contributed by atoms with E-state index in [0.717, 1.165) is 43.3 Å². The van der Waals surface area contributed by atoms with Gasteiger partial charge in [-0.3, -0.25) is 14.6 Å². The Morgan fingerprint density at radius 1 is 1.03 bits per heavy atom. The number of amides is 1. The lowest BCUT2D eigenvalue weighted by Gasteiger charge is -2.34. The number of hydrogen-bond acceptors (Lipinski definition) is 6. The highest BCUT2D eigenvalue weighted by Gasteiger charge is 2.18. The minimum Gasteiger partial charge on any atom is -0.493 e. The highest BCUT2D eigenvalue weighted by Crippen LogP contribution is 2.26. The van der Waals surface area contributed by atoms with Crippen LogP contribution in [0.25, 0.3) is 0 Å². The predicted molar refractivity (Wildman–Crippen MR) is 118 cm³/mol. The molecule has 160 valence electrons. The summed E-state index contributed by atoms with van der Waals surface area (Å²) in [7, 11) is 3.17. The van der Waals surface area contributed by atoms with Crippen molar-refractivity contribution in [2.75, 3.05) is 46.9 Å². The van der Waals surface area contributed by atoms with Gasteiger partial charge in [0.25, 0.3) is 5.91 Å². The first-order valence-corrected chi connectivity index (χ1v) is 10.2. The topological polar surface area (TPSA) is 66.4 Å². The van der Waals surface area contributed by atoms with Gasteiger partial charge in [0, 0.05) is 37.7 Å². The molecule has 0 spiro atoms. The van der Waals surface area contributed by atoms with E-state index < -0.39 is 0 Å². The first-order valence-electron chi connectivity index (χ1n) is 9.80. The summed E-state index contributed by atoms with van der Waals surface area (Å²) in [6, 6.07) is 13.4. The molecule has 0 saturated carbocycles. The Bertz CT molecular complexity index is 865. The standard InChI is InChI=1S/C22H27ClN4O3/c1-29-20-8-5-18(13-21(20)30-2)14-24-25-22(28)16-27-11-9-26(10-12-27)15-17-3-6-19(23)7-4-17/h3-8,13-14H,9-12,15-16H2,1-2H3,(H,25,28)/b24-14+. The van der Waals surface area contributed by atoms with Gasteiger partial charge in [0.05, 0.1) is 27.0 Å². The summed E-state index contributed by atoms with van der Waals surface area (Å²) in [4.78, 5) is 16.7. The van der Waals surface area contributed by atoms with Gasteiger partial charge < -0.3 is 9.47 Å². The van der Waals surface area contributed by atoms with Gasteiger partial charge in [-0.25, -0.2) is 5.43 Å². The summed E-state index contributed by atoms with van der Waals surface area (Å²) < 4.78 is 10.5. The zero-order chi connectivity index (χ0) is 21.3. The Hall–Kier alpha value is -2.61. The molecule has 8 heteroatoms. The van der Waals surface area contributed by atoms with Crippen molar-refractivity contribution >= 4 is 23.7 Å². The molecule has 1 amide bonds. The quantitative estimate of drug-likeness (QED) is 0.515. The van der Waals surface area contributed by atoms with Gasteiger partial charge in [0.15, 0.2) is 11.5 Å². The maximum absolute atomic E-state index is 12.2. The zero-order valence-corrected chi connectivity index (χ0v) is 18.1. The second-order valence-corrected chi connectivity index (χ2v) is 7.52. The van der Waals surface area contributed by atoms with Crippen LogP contribution in [0.5, 0.6) is 11.5 Å². The van der Waals surface area contributed by atoms with Crippen molar-refractivity contribution in [2.45, 2.75) is 6.54 Å². The third kappa shape index (κ3) is 6.45. The maximum Gasteiger partial charge on any atom is 0.254 e. The Balaban J connectivity index is 1.40. The highest BCUT2D eigenvalue weighted by molar-refractivity contribution is 6.30. The summed E-state index contributed by atoms with van der Waals surface area (Å²) in [5.41, 5.74) is 4.65. The molecular formula is C22H27ClN4O3. The number of hydrogen-bond donors (Lipinski definition) is 1. The van der Waals surface area contributed by atoms with Gasteiger partial charge in [-0.2, -0.15) is 5.10 Å². The Kier molecular flexibility index (Phi) is 8.07. The monoisotopic (exact) mass is 430 g/mol. The smallest absolute Gasteiger partial charge is 0.254 e. The largest absolute Gasteiger partial charge is 0.493 e. The van der Waals surface area contributed by atoms with Crippen molar-refractivity contribution in [3.63, 3.8) is 0 Å². The van der Waals surface area contributed by atoms with Crippen LogP contribution >= 0.6 is 11.6 Å². The van der Waals surface area contributed by atoms with Crippen LogP contribution in [0, 0.1) is 0 Å². The minimum absolute atomic E-state index is 0.127. The number of methoxy groups -OCH3 is 2. The predicted octanol–water partition coefficient (Wildman–Crippen LogP) is 2.63. The van der Waals surface area contributed by atoms with Gasteiger partial charge in [-0.1, -0.05) is 23.7 Å². The molecular weight excluding hydrogens is 404 g/mol. The molecule has 1 heterocycles. The maximum atomic E-state index is 12.2. The molecule has 7 nitrogen and oxygen atoms in total. The van der Waals surface area contributed by atoms with Gasteiger partial charge >= 0.3 is 0 Å². The van der Waals surface area contributed by atoms with E-state index in [2.05, 4.69) is 32.5 Å². The van der Waals surface area contributed by atoms with Crippen molar-refractivity contribution in [1.29, 1.82) is 0 Å². The normalized spacial score (nSPS) is 15.3. The molecule has 0 unspecified atom stereocenters. The van der Waals surface area contributed by atoms with Crippen molar-refractivity contribution in [3.8, 4) is 11.5 Å². The number of halogens is 1. The number of rotatable bonds is 8. The van der Waals surface area contributed by atoms with Gasteiger partial charge in [-0.05, 0) is 41.5 Å². The van der Waals surface area contributed by atoms with Crippen LogP contribution < -0.4 is 14.9 Å². The second-order valence-electron chi connectivity index (χ2n) is 7.09. The summed E-state index contributed by atoms with van der Waals surface area (Å²) in [6.45, 7) is 4.77. The molecule has 0 aromatic heterocycles. The molecule has 0 bridgehead atoms. The summed E-state index contributed by atoms with van der Waals surface area (Å²) in [5, 5.41) is 4.80. The summed E-state index contributed by atoms with van der Waals surface area (Å²) >= 11 is 5.94. The molecule has 1 fully saturated rings. The highest BCUT2D eigenvalue weighted by atomic mass is 35.5. The number of piperazine rings is 1. The van der Waals surface area contributed by atoms with Crippen LogP contribution in [0.1, 0.15) is 11.1 Å². The number of carbonyl (C=O) groups is 1. The van der Waals surface area contributed by atoms with Crippen LogP contribution in [0.2, 0.25) is 5.02 Å². The first-order chi connectivity index (χ1) is 14.6. The van der Waals surface area contributed by atoms with Crippen molar-refractivity contribution in [2.24, 2.45) is 5.10 Å². The van der Waals surface area contributed by atoms with Gasteiger partial charge in [0.1, 0.15) is 0 Å². The Morgan fingerprint density at radius 2 is 1.70 bits per heavy atom. The zero-order valence-electron chi connectivity index (χ0n) is 17.3. The van der Waals surface area contributed by atoms with E-state index in [4.69, 9.17) is 21.1 Å². The average Bonchev–Trinajstić information content (AvgIpc) is 2.76. The van der Waals surface area contributed by atoms with E-state index in [-0.39, 0.29) is 5.91 Å². The number of hydrazone groups is 1. The Morgan fingerprint density at radius 3 is 2.37 bits per heavy atom. The first kappa shape index (κ1) is 22.1. The van der Waals surface area contributed by atoms with Gasteiger partial charge in [-0.15, -0.1) is 0 Å². The molecule has 1 saturated heterocycles. The molecule has 1 aliphatic heterocycles. The number of carbonyl (C=O) groups excluding carboxylic acids is 1. The fraction of sp³-hybridized carbons (Fsp3) is 0.364. The average molecular weight is 431 g/mol. The lowest BCUT2D eigenvalue weighted by molar-refractivity contribution is -0.122. The number of ether oxygens (including phenoxy) is 2. The molecule has 0 radical (unpaired) electrons.